The number of aryl methyl sites for hydroxylation is 1. The number of nitrogens with zero attached hydrogens (tertiary/aromatic N) is 2. The lowest BCUT2D eigenvalue weighted by Gasteiger charge is -1.88. The highest BCUT2D eigenvalue weighted by atomic mass is 16.1. The summed E-state index contributed by atoms with van der Waals surface area (Å²) in [5.41, 5.74) is 0.957. The summed E-state index contributed by atoms with van der Waals surface area (Å²) < 4.78 is 1.81. The minimum atomic E-state index is 0.753. The molecule has 0 saturated heterocycles. The van der Waals surface area contributed by atoms with E-state index < -0.39 is 0 Å². The maximum absolute atomic E-state index is 9.94. The normalized spacial score (nSPS) is 10.6. The molecule has 0 aliphatic heterocycles. The van der Waals surface area contributed by atoms with E-state index in [1.807, 2.05) is 17.8 Å². The molecule has 1 heterocycles. The standard InChI is InChI=1S/C8H10N2O/c1-2-10-7-8(6-9-10)4-3-5-11/h3-7H,2H2,1H3. The Morgan fingerprint density at radius 2 is 2.55 bits per heavy atom. The van der Waals surface area contributed by atoms with E-state index in [9.17, 15) is 4.79 Å². The lowest BCUT2D eigenvalue weighted by molar-refractivity contribution is -0.104. The fraction of sp³-hybridized carbons (Fsp3) is 0.250. The van der Waals surface area contributed by atoms with Crippen LogP contribution < -0.4 is 0 Å². The van der Waals surface area contributed by atoms with Gasteiger partial charge in [0.15, 0.2) is 0 Å². The van der Waals surface area contributed by atoms with E-state index in [1.54, 1.807) is 12.3 Å². The fourth-order valence-corrected chi connectivity index (χ4v) is 0.789. The first-order valence-electron chi connectivity index (χ1n) is 3.51. The lowest BCUT2D eigenvalue weighted by atomic mass is 10.3. The molecule has 1 rings (SSSR count). The highest BCUT2D eigenvalue weighted by molar-refractivity contribution is 5.73. The Morgan fingerprint density at radius 3 is 3.09 bits per heavy atom. The van der Waals surface area contributed by atoms with E-state index in [4.69, 9.17) is 0 Å². The predicted molar refractivity (Wildman–Crippen MR) is 43.0 cm³/mol. The van der Waals surface area contributed by atoms with Crippen LogP contribution in [0.3, 0.4) is 0 Å². The van der Waals surface area contributed by atoms with Crippen molar-refractivity contribution in [3.8, 4) is 0 Å². The summed E-state index contributed by atoms with van der Waals surface area (Å²) >= 11 is 0. The van der Waals surface area contributed by atoms with Crippen LogP contribution in [0.2, 0.25) is 0 Å². The van der Waals surface area contributed by atoms with E-state index in [-0.39, 0.29) is 0 Å². The summed E-state index contributed by atoms with van der Waals surface area (Å²) in [6, 6.07) is 0. The second-order valence-electron chi connectivity index (χ2n) is 2.12. The minimum Gasteiger partial charge on any atom is -0.299 e. The van der Waals surface area contributed by atoms with E-state index in [2.05, 4.69) is 5.10 Å². The van der Waals surface area contributed by atoms with Crippen molar-refractivity contribution in [2.75, 3.05) is 0 Å². The fourth-order valence-electron chi connectivity index (χ4n) is 0.789. The molecule has 1 aromatic heterocycles. The van der Waals surface area contributed by atoms with Crippen LogP contribution in [0.1, 0.15) is 12.5 Å². The first-order valence-corrected chi connectivity index (χ1v) is 3.51. The molecular formula is C8H10N2O. The molecule has 3 heteroatoms. The smallest absolute Gasteiger partial charge is 0.142 e. The van der Waals surface area contributed by atoms with Gasteiger partial charge >= 0.3 is 0 Å². The van der Waals surface area contributed by atoms with Gasteiger partial charge in [0.05, 0.1) is 6.20 Å². The molecule has 0 fully saturated rings. The van der Waals surface area contributed by atoms with Gasteiger partial charge < -0.3 is 0 Å². The van der Waals surface area contributed by atoms with Crippen LogP contribution in [0.15, 0.2) is 18.5 Å². The van der Waals surface area contributed by atoms with Crippen molar-refractivity contribution in [1.29, 1.82) is 0 Å². The highest BCUT2D eigenvalue weighted by Crippen LogP contribution is 1.98. The maximum atomic E-state index is 9.94. The van der Waals surface area contributed by atoms with Gasteiger partial charge in [-0.1, -0.05) is 0 Å². The zero-order valence-corrected chi connectivity index (χ0v) is 6.40. The molecule has 0 unspecified atom stereocenters. The molecule has 0 spiro atoms. The van der Waals surface area contributed by atoms with Crippen LogP contribution in [0.4, 0.5) is 0 Å². The molecule has 0 radical (unpaired) electrons. The Bertz CT molecular complexity index is 263. The van der Waals surface area contributed by atoms with Gasteiger partial charge in [-0.15, -0.1) is 0 Å². The largest absolute Gasteiger partial charge is 0.299 e. The van der Waals surface area contributed by atoms with E-state index >= 15 is 0 Å². The summed E-state index contributed by atoms with van der Waals surface area (Å²) in [5.74, 6) is 0. The van der Waals surface area contributed by atoms with Gasteiger partial charge in [-0.2, -0.15) is 5.10 Å². The number of rotatable bonds is 3. The zero-order valence-electron chi connectivity index (χ0n) is 6.40. The van der Waals surface area contributed by atoms with E-state index in [1.165, 1.54) is 6.08 Å². The molecular weight excluding hydrogens is 140 g/mol. The zero-order chi connectivity index (χ0) is 8.10. The van der Waals surface area contributed by atoms with Crippen LogP contribution in [0.25, 0.3) is 6.08 Å². The number of allylic oxidation sites excluding steroid dienone is 1. The molecule has 1 aromatic rings. The van der Waals surface area contributed by atoms with Crippen LogP contribution in [0, 0.1) is 0 Å². The monoisotopic (exact) mass is 150 g/mol. The van der Waals surface area contributed by atoms with Gasteiger partial charge in [0, 0.05) is 18.3 Å². The predicted octanol–water partition coefficient (Wildman–Crippen LogP) is 1.12. The van der Waals surface area contributed by atoms with Crippen LogP contribution in [-0.2, 0) is 11.3 Å². The Labute approximate surface area is 65.3 Å². The summed E-state index contributed by atoms with van der Waals surface area (Å²) in [6.45, 7) is 2.87. The Kier molecular flexibility index (Phi) is 2.60. The van der Waals surface area contributed by atoms with Gasteiger partial charge in [0.1, 0.15) is 6.29 Å². The molecule has 0 N–H and O–H groups in total. The van der Waals surface area contributed by atoms with Gasteiger partial charge in [-0.3, -0.25) is 9.48 Å². The second kappa shape index (κ2) is 3.71. The molecule has 58 valence electrons. The molecule has 0 bridgehead atoms. The summed E-state index contributed by atoms with van der Waals surface area (Å²) in [5, 5.41) is 4.04. The maximum Gasteiger partial charge on any atom is 0.142 e. The molecule has 3 nitrogen and oxygen atoms in total. The Hall–Kier alpha value is -1.38. The number of carbonyl (C=O) groups excluding carboxylic acids is 1. The number of aromatic nitrogens is 2. The number of carbonyl (C=O) groups is 1. The van der Waals surface area contributed by atoms with Crippen molar-refractivity contribution in [3.05, 3.63) is 24.0 Å². The third-order valence-corrected chi connectivity index (χ3v) is 1.34. The molecule has 0 aromatic carbocycles. The SMILES string of the molecule is CCn1cc(C=CC=O)cn1. The van der Waals surface area contributed by atoms with Gasteiger partial charge in [-0.25, -0.2) is 0 Å². The van der Waals surface area contributed by atoms with Crippen molar-refractivity contribution in [1.82, 2.24) is 9.78 Å². The summed E-state index contributed by atoms with van der Waals surface area (Å²) in [7, 11) is 0. The van der Waals surface area contributed by atoms with Crippen LogP contribution in [0.5, 0.6) is 0 Å². The average molecular weight is 150 g/mol. The summed E-state index contributed by atoms with van der Waals surface area (Å²) in [4.78, 5) is 9.94. The quantitative estimate of drug-likeness (QED) is 0.478. The molecule has 0 atom stereocenters. The van der Waals surface area contributed by atoms with Crippen molar-refractivity contribution in [2.45, 2.75) is 13.5 Å². The minimum absolute atomic E-state index is 0.753. The molecule has 0 aliphatic rings. The van der Waals surface area contributed by atoms with Crippen molar-refractivity contribution in [3.63, 3.8) is 0 Å². The van der Waals surface area contributed by atoms with Crippen LogP contribution >= 0.6 is 0 Å². The van der Waals surface area contributed by atoms with Crippen molar-refractivity contribution >= 4 is 12.4 Å². The lowest BCUT2D eigenvalue weighted by Crippen LogP contribution is -1.91. The van der Waals surface area contributed by atoms with E-state index in [0.29, 0.717) is 0 Å². The third kappa shape index (κ3) is 2.04. The van der Waals surface area contributed by atoms with Gasteiger partial charge in [-0.05, 0) is 19.1 Å². The highest BCUT2D eigenvalue weighted by Gasteiger charge is 1.90. The first kappa shape index (κ1) is 7.72. The Morgan fingerprint density at radius 1 is 1.73 bits per heavy atom. The van der Waals surface area contributed by atoms with Gasteiger partial charge in [0.25, 0.3) is 0 Å². The summed E-state index contributed by atoms with van der Waals surface area (Å²) in [6.07, 6.45) is 7.55. The van der Waals surface area contributed by atoms with Crippen LogP contribution in [-0.4, -0.2) is 16.1 Å². The second-order valence-corrected chi connectivity index (χ2v) is 2.12. The van der Waals surface area contributed by atoms with Crippen molar-refractivity contribution < 1.29 is 4.79 Å². The Balaban J connectivity index is 2.72. The molecule has 0 aliphatic carbocycles. The topological polar surface area (TPSA) is 34.9 Å². The van der Waals surface area contributed by atoms with E-state index in [0.717, 1.165) is 18.4 Å². The first-order chi connectivity index (χ1) is 5.36. The number of aldehydes is 1. The molecule has 0 amide bonds. The number of hydrogen-bond acceptors (Lipinski definition) is 2. The number of hydrogen-bond donors (Lipinski definition) is 0. The average Bonchev–Trinajstić information content (AvgIpc) is 2.48. The van der Waals surface area contributed by atoms with Gasteiger partial charge in [0.2, 0.25) is 0 Å². The van der Waals surface area contributed by atoms with Crippen molar-refractivity contribution in [2.24, 2.45) is 0 Å². The molecule has 0 saturated carbocycles. The third-order valence-electron chi connectivity index (χ3n) is 1.34. The molecule has 11 heavy (non-hydrogen) atoms.